The van der Waals surface area contributed by atoms with Crippen LogP contribution in [0.4, 0.5) is 0 Å². The third-order valence-corrected chi connectivity index (χ3v) is 5.96. The number of carbonyl (C=O) groups excluding carboxylic acids is 3. The van der Waals surface area contributed by atoms with Crippen molar-refractivity contribution in [1.82, 2.24) is 0 Å². The van der Waals surface area contributed by atoms with Crippen molar-refractivity contribution in [3.63, 3.8) is 0 Å². The molecule has 0 radical (unpaired) electrons. The minimum Gasteiger partial charge on any atom is -0.462 e. The summed E-state index contributed by atoms with van der Waals surface area (Å²) in [7, 11) is 0. The van der Waals surface area contributed by atoms with E-state index in [4.69, 9.17) is 4.74 Å². The summed E-state index contributed by atoms with van der Waals surface area (Å²) in [5, 5.41) is 0. The number of hydrogen-bond acceptors (Lipinski definition) is 4. The third kappa shape index (κ3) is 1.55. The molecule has 3 fully saturated rings. The van der Waals surface area contributed by atoms with Gasteiger partial charge in [-0.05, 0) is 37.5 Å². The molecule has 0 bridgehead atoms. The van der Waals surface area contributed by atoms with E-state index in [2.05, 4.69) is 6.92 Å². The number of ketones is 1. The summed E-state index contributed by atoms with van der Waals surface area (Å²) in [5.74, 6) is 0.163. The highest BCUT2D eigenvalue weighted by Crippen LogP contribution is 2.60. The van der Waals surface area contributed by atoms with Gasteiger partial charge in [-0.15, -0.1) is 0 Å². The number of carbonyl (C=O) groups is 3. The highest BCUT2D eigenvalue weighted by Gasteiger charge is 2.61. The average Bonchev–Trinajstić information content (AvgIpc) is 2.76. The van der Waals surface area contributed by atoms with Gasteiger partial charge in [-0.3, -0.25) is 9.59 Å². The summed E-state index contributed by atoms with van der Waals surface area (Å²) in [5.41, 5.74) is -0.998. The van der Waals surface area contributed by atoms with Crippen LogP contribution >= 0.6 is 0 Å². The van der Waals surface area contributed by atoms with Crippen molar-refractivity contribution in [3.05, 3.63) is 0 Å². The summed E-state index contributed by atoms with van der Waals surface area (Å²) in [4.78, 5) is 35.3. The van der Waals surface area contributed by atoms with Crippen LogP contribution < -0.4 is 0 Å². The van der Waals surface area contributed by atoms with Gasteiger partial charge >= 0.3 is 5.97 Å². The summed E-state index contributed by atoms with van der Waals surface area (Å²) in [6.45, 7) is 3.92. The summed E-state index contributed by atoms with van der Waals surface area (Å²) >= 11 is 0. The van der Waals surface area contributed by atoms with Crippen LogP contribution in [0, 0.1) is 22.7 Å². The van der Waals surface area contributed by atoms with Crippen LogP contribution in [0.3, 0.4) is 0 Å². The Labute approximate surface area is 112 Å². The number of esters is 1. The minimum atomic E-state index is -0.871. The quantitative estimate of drug-likeness (QED) is 0.412. The molecule has 4 nitrogen and oxygen atoms in total. The zero-order chi connectivity index (χ0) is 13.8. The Morgan fingerprint density at radius 1 is 1.26 bits per heavy atom. The molecule has 104 valence electrons. The standard InChI is InChI=1S/C15H20O4/c1-14-6-5-12(17)15(2,8-16)11(14)4-3-10-9(14)7-13(18)19-10/h8-11H,3-7H2,1-2H3/t9-,10+,11+,14+,15+/m0/s1. The van der Waals surface area contributed by atoms with Crippen molar-refractivity contribution in [3.8, 4) is 0 Å². The van der Waals surface area contributed by atoms with Crippen molar-refractivity contribution in [2.45, 2.75) is 52.1 Å². The highest BCUT2D eigenvalue weighted by atomic mass is 16.5. The maximum atomic E-state index is 12.2. The molecule has 1 heterocycles. The molecule has 0 aromatic carbocycles. The summed E-state index contributed by atoms with van der Waals surface area (Å²) < 4.78 is 5.40. The first-order valence-electron chi connectivity index (χ1n) is 7.11. The number of fused-ring (bicyclic) bond motifs is 3. The van der Waals surface area contributed by atoms with Gasteiger partial charge in [-0.25, -0.2) is 0 Å². The lowest BCUT2D eigenvalue weighted by atomic mass is 9.47. The maximum Gasteiger partial charge on any atom is 0.306 e. The molecule has 2 aliphatic carbocycles. The van der Waals surface area contributed by atoms with E-state index in [1.54, 1.807) is 6.92 Å². The van der Waals surface area contributed by atoms with Gasteiger partial charge in [0.2, 0.25) is 0 Å². The van der Waals surface area contributed by atoms with Gasteiger partial charge in [0.25, 0.3) is 0 Å². The second kappa shape index (κ2) is 3.90. The Hall–Kier alpha value is -1.19. The van der Waals surface area contributed by atoms with Crippen LogP contribution in [-0.4, -0.2) is 24.1 Å². The summed E-state index contributed by atoms with van der Waals surface area (Å²) in [6.07, 6.45) is 4.09. The van der Waals surface area contributed by atoms with Gasteiger partial charge in [-0.2, -0.15) is 0 Å². The Kier molecular flexibility index (Phi) is 2.63. The monoisotopic (exact) mass is 264 g/mol. The fraction of sp³-hybridized carbons (Fsp3) is 0.800. The topological polar surface area (TPSA) is 60.4 Å². The van der Waals surface area contributed by atoms with Gasteiger partial charge < -0.3 is 9.53 Å². The smallest absolute Gasteiger partial charge is 0.306 e. The van der Waals surface area contributed by atoms with Gasteiger partial charge in [0.1, 0.15) is 18.2 Å². The van der Waals surface area contributed by atoms with E-state index in [0.717, 1.165) is 25.5 Å². The van der Waals surface area contributed by atoms with Crippen molar-refractivity contribution < 1.29 is 19.1 Å². The van der Waals surface area contributed by atoms with E-state index in [9.17, 15) is 14.4 Å². The van der Waals surface area contributed by atoms with Gasteiger partial charge in [0.05, 0.1) is 11.8 Å². The average molecular weight is 264 g/mol. The highest BCUT2D eigenvalue weighted by molar-refractivity contribution is 5.99. The molecule has 1 aliphatic heterocycles. The molecule has 3 aliphatic rings. The first-order valence-corrected chi connectivity index (χ1v) is 7.11. The zero-order valence-corrected chi connectivity index (χ0v) is 11.5. The van der Waals surface area contributed by atoms with E-state index < -0.39 is 5.41 Å². The van der Waals surface area contributed by atoms with E-state index in [1.165, 1.54) is 0 Å². The molecule has 0 amide bonds. The molecule has 3 rings (SSSR count). The molecule has 0 spiro atoms. The van der Waals surface area contributed by atoms with Crippen LogP contribution in [0.2, 0.25) is 0 Å². The molecule has 2 saturated carbocycles. The molecule has 19 heavy (non-hydrogen) atoms. The maximum absolute atomic E-state index is 12.2. The largest absolute Gasteiger partial charge is 0.462 e. The SMILES string of the molecule is C[C@]12CCC(=O)[C@](C)(C=O)[C@@H]1CC[C@H]1OC(=O)C[C@@H]12. The van der Waals surface area contributed by atoms with E-state index in [0.29, 0.717) is 12.8 Å². The second-order valence-electron chi connectivity index (χ2n) is 6.80. The number of aldehydes is 1. The Morgan fingerprint density at radius 2 is 2.00 bits per heavy atom. The van der Waals surface area contributed by atoms with Gasteiger partial charge in [-0.1, -0.05) is 6.92 Å². The molecule has 0 unspecified atom stereocenters. The van der Waals surface area contributed by atoms with Gasteiger partial charge in [0, 0.05) is 12.3 Å². The molecular formula is C15H20O4. The molecular weight excluding hydrogens is 244 g/mol. The molecule has 5 atom stereocenters. The van der Waals surface area contributed by atoms with Crippen LogP contribution in [0.25, 0.3) is 0 Å². The molecule has 4 heteroatoms. The predicted octanol–water partition coefficient (Wildman–Crippen LogP) is 1.90. The van der Waals surface area contributed by atoms with Crippen LogP contribution in [0.5, 0.6) is 0 Å². The Bertz CT molecular complexity index is 457. The third-order valence-electron chi connectivity index (χ3n) is 5.96. The van der Waals surface area contributed by atoms with Crippen LogP contribution in [0.1, 0.15) is 46.0 Å². The number of rotatable bonds is 1. The molecule has 0 N–H and O–H groups in total. The van der Waals surface area contributed by atoms with Crippen molar-refractivity contribution in [2.75, 3.05) is 0 Å². The fourth-order valence-corrected chi connectivity index (χ4v) is 4.79. The second-order valence-corrected chi connectivity index (χ2v) is 6.80. The lowest BCUT2D eigenvalue weighted by Crippen LogP contribution is -2.56. The Morgan fingerprint density at radius 3 is 2.68 bits per heavy atom. The summed E-state index contributed by atoms with van der Waals surface area (Å²) in [6, 6.07) is 0. The first-order chi connectivity index (χ1) is 8.91. The lowest BCUT2D eigenvalue weighted by Gasteiger charge is -2.55. The zero-order valence-electron chi connectivity index (χ0n) is 11.5. The number of Topliss-reactive ketones (excluding diaryl/α,β-unsaturated/α-hetero) is 1. The van der Waals surface area contributed by atoms with Crippen LogP contribution in [-0.2, 0) is 19.1 Å². The van der Waals surface area contributed by atoms with Gasteiger partial charge in [0.15, 0.2) is 0 Å². The predicted molar refractivity (Wildman–Crippen MR) is 67.2 cm³/mol. The fourth-order valence-electron chi connectivity index (χ4n) is 4.79. The van der Waals surface area contributed by atoms with Crippen molar-refractivity contribution in [2.24, 2.45) is 22.7 Å². The lowest BCUT2D eigenvalue weighted by molar-refractivity contribution is -0.160. The Balaban J connectivity index is 2.01. The van der Waals surface area contributed by atoms with E-state index in [-0.39, 0.29) is 35.1 Å². The minimum absolute atomic E-state index is 0.00199. The normalized spacial score (nSPS) is 49.3. The van der Waals surface area contributed by atoms with Crippen molar-refractivity contribution in [1.29, 1.82) is 0 Å². The van der Waals surface area contributed by atoms with E-state index in [1.807, 2.05) is 0 Å². The van der Waals surface area contributed by atoms with Crippen LogP contribution in [0.15, 0.2) is 0 Å². The van der Waals surface area contributed by atoms with Crippen molar-refractivity contribution >= 4 is 18.0 Å². The first kappa shape index (κ1) is 12.8. The molecule has 0 aromatic heterocycles. The number of hydrogen-bond donors (Lipinski definition) is 0. The molecule has 1 saturated heterocycles. The molecule has 0 aromatic rings. The van der Waals surface area contributed by atoms with E-state index >= 15 is 0 Å². The number of ether oxygens (including phenoxy) is 1.